The molecule has 5 nitrogen and oxygen atoms in total. The molecule has 0 fully saturated rings. The quantitative estimate of drug-likeness (QED) is 0.662. The van der Waals surface area contributed by atoms with E-state index in [1.165, 1.54) is 29.6 Å². The van der Waals surface area contributed by atoms with E-state index in [0.29, 0.717) is 11.4 Å². The monoisotopic (exact) mass is 280 g/mol. The molecule has 1 aromatic heterocycles. The summed E-state index contributed by atoms with van der Waals surface area (Å²) in [6.07, 6.45) is 1.48. The Hall–Kier alpha value is -1.60. The maximum absolute atomic E-state index is 11.8. The summed E-state index contributed by atoms with van der Waals surface area (Å²) >= 11 is 2.64. The molecule has 1 heterocycles. The average molecular weight is 280 g/mol. The lowest BCUT2D eigenvalue weighted by molar-refractivity contribution is -0.113. The van der Waals surface area contributed by atoms with Gasteiger partial charge < -0.3 is 11.1 Å². The molecular formula is C11H12N4OS2. The predicted octanol–water partition coefficient (Wildman–Crippen LogP) is 2.16. The third-order valence-corrected chi connectivity index (χ3v) is 4.00. The van der Waals surface area contributed by atoms with Crippen LogP contribution in [0.1, 0.15) is 5.56 Å². The van der Waals surface area contributed by atoms with Gasteiger partial charge in [0.05, 0.1) is 5.75 Å². The summed E-state index contributed by atoms with van der Waals surface area (Å²) in [5, 5.41) is 2.83. The Labute approximate surface area is 113 Å². The van der Waals surface area contributed by atoms with Crippen LogP contribution >= 0.6 is 23.3 Å². The van der Waals surface area contributed by atoms with Crippen LogP contribution in [0.15, 0.2) is 28.9 Å². The number of anilines is 2. The number of hydrogen-bond acceptors (Lipinski definition) is 6. The fraction of sp³-hybridized carbons (Fsp3) is 0.182. The summed E-state index contributed by atoms with van der Waals surface area (Å²) < 4.78 is 4.66. The third kappa shape index (κ3) is 3.44. The Kier molecular flexibility index (Phi) is 4.16. The van der Waals surface area contributed by atoms with Crippen LogP contribution in [0.4, 0.5) is 11.4 Å². The van der Waals surface area contributed by atoms with E-state index in [1.54, 1.807) is 12.1 Å². The number of aryl methyl sites for hydroxylation is 1. The van der Waals surface area contributed by atoms with Crippen molar-refractivity contribution in [2.45, 2.75) is 11.3 Å². The van der Waals surface area contributed by atoms with Crippen LogP contribution in [0.25, 0.3) is 0 Å². The number of nitrogens with two attached hydrogens (primary N) is 1. The standard InChI is InChI=1S/C11H12N4OS2/c1-7-2-3-8(12)4-9(7)15-10(16)5-17-11-13-6-14-18-11/h2-4,6H,5,12H2,1H3,(H,15,16). The minimum absolute atomic E-state index is 0.0797. The second-order valence-electron chi connectivity index (χ2n) is 3.62. The average Bonchev–Trinajstić information content (AvgIpc) is 2.84. The van der Waals surface area contributed by atoms with Crippen LogP contribution in [0.5, 0.6) is 0 Å². The number of aromatic nitrogens is 2. The number of thioether (sulfide) groups is 1. The number of carbonyl (C=O) groups is 1. The summed E-state index contributed by atoms with van der Waals surface area (Å²) in [6.45, 7) is 1.92. The van der Waals surface area contributed by atoms with E-state index in [4.69, 9.17) is 5.73 Å². The van der Waals surface area contributed by atoms with Crippen molar-refractivity contribution < 1.29 is 4.79 Å². The van der Waals surface area contributed by atoms with Crippen molar-refractivity contribution in [1.82, 2.24) is 9.36 Å². The molecule has 2 rings (SSSR count). The molecule has 0 aliphatic rings. The van der Waals surface area contributed by atoms with Gasteiger partial charge in [0.15, 0.2) is 4.34 Å². The van der Waals surface area contributed by atoms with E-state index >= 15 is 0 Å². The SMILES string of the molecule is Cc1ccc(N)cc1NC(=O)CSc1ncns1. The highest BCUT2D eigenvalue weighted by Gasteiger charge is 2.07. The minimum atomic E-state index is -0.0797. The first-order chi connectivity index (χ1) is 8.65. The van der Waals surface area contributed by atoms with Gasteiger partial charge in [0.1, 0.15) is 6.33 Å². The van der Waals surface area contributed by atoms with Crippen molar-refractivity contribution in [3.8, 4) is 0 Å². The molecular weight excluding hydrogens is 268 g/mol. The second-order valence-corrected chi connectivity index (χ2v) is 5.62. The van der Waals surface area contributed by atoms with E-state index in [9.17, 15) is 4.79 Å². The zero-order chi connectivity index (χ0) is 13.0. The highest BCUT2D eigenvalue weighted by atomic mass is 32.2. The number of hydrogen-bond donors (Lipinski definition) is 2. The molecule has 0 aliphatic carbocycles. The minimum Gasteiger partial charge on any atom is -0.399 e. The molecule has 0 saturated carbocycles. The number of amides is 1. The Morgan fingerprint density at radius 2 is 2.39 bits per heavy atom. The molecule has 0 radical (unpaired) electrons. The van der Waals surface area contributed by atoms with Crippen LogP contribution in [-0.4, -0.2) is 21.0 Å². The Balaban J connectivity index is 1.92. The fourth-order valence-corrected chi connectivity index (χ4v) is 2.56. The third-order valence-electron chi connectivity index (χ3n) is 2.20. The molecule has 1 amide bonds. The lowest BCUT2D eigenvalue weighted by Gasteiger charge is -2.08. The van der Waals surface area contributed by atoms with Crippen molar-refractivity contribution >= 4 is 40.6 Å². The Morgan fingerprint density at radius 1 is 1.56 bits per heavy atom. The predicted molar refractivity (Wildman–Crippen MR) is 74.9 cm³/mol. The van der Waals surface area contributed by atoms with Crippen molar-refractivity contribution in [3.05, 3.63) is 30.1 Å². The topological polar surface area (TPSA) is 80.9 Å². The van der Waals surface area contributed by atoms with Gasteiger partial charge in [-0.2, -0.15) is 4.37 Å². The van der Waals surface area contributed by atoms with Gasteiger partial charge in [-0.3, -0.25) is 4.79 Å². The highest BCUT2D eigenvalue weighted by molar-refractivity contribution is 8.01. The smallest absolute Gasteiger partial charge is 0.234 e. The van der Waals surface area contributed by atoms with Gasteiger partial charge in [-0.15, -0.1) is 0 Å². The van der Waals surface area contributed by atoms with E-state index in [-0.39, 0.29) is 5.91 Å². The summed E-state index contributed by atoms with van der Waals surface area (Å²) in [5.74, 6) is 0.229. The fourth-order valence-electron chi connectivity index (χ4n) is 1.31. The second kappa shape index (κ2) is 5.83. The zero-order valence-corrected chi connectivity index (χ0v) is 11.3. The van der Waals surface area contributed by atoms with Gasteiger partial charge in [-0.1, -0.05) is 17.8 Å². The van der Waals surface area contributed by atoms with E-state index in [1.807, 2.05) is 13.0 Å². The number of nitrogens with one attached hydrogen (secondary N) is 1. The van der Waals surface area contributed by atoms with E-state index < -0.39 is 0 Å². The van der Waals surface area contributed by atoms with Crippen LogP contribution in [-0.2, 0) is 4.79 Å². The largest absolute Gasteiger partial charge is 0.399 e. The molecule has 0 unspecified atom stereocenters. The first kappa shape index (κ1) is 12.8. The van der Waals surface area contributed by atoms with Gasteiger partial charge in [-0.05, 0) is 36.2 Å². The lowest BCUT2D eigenvalue weighted by atomic mass is 10.2. The zero-order valence-electron chi connectivity index (χ0n) is 9.71. The molecule has 94 valence electrons. The molecule has 0 saturated heterocycles. The Bertz CT molecular complexity index is 542. The number of nitrogen functional groups attached to an aromatic ring is 1. The van der Waals surface area contributed by atoms with Gasteiger partial charge in [0.2, 0.25) is 5.91 Å². The van der Waals surface area contributed by atoms with Crippen LogP contribution in [0.2, 0.25) is 0 Å². The molecule has 18 heavy (non-hydrogen) atoms. The van der Waals surface area contributed by atoms with Crippen molar-refractivity contribution in [3.63, 3.8) is 0 Å². The Morgan fingerprint density at radius 3 is 3.11 bits per heavy atom. The summed E-state index contributed by atoms with van der Waals surface area (Å²) in [4.78, 5) is 15.8. The highest BCUT2D eigenvalue weighted by Crippen LogP contribution is 2.21. The van der Waals surface area contributed by atoms with E-state index in [0.717, 1.165) is 15.6 Å². The van der Waals surface area contributed by atoms with Gasteiger partial charge >= 0.3 is 0 Å². The maximum Gasteiger partial charge on any atom is 0.234 e. The maximum atomic E-state index is 11.8. The van der Waals surface area contributed by atoms with Crippen LogP contribution in [0.3, 0.4) is 0 Å². The van der Waals surface area contributed by atoms with Gasteiger partial charge in [0, 0.05) is 11.4 Å². The van der Waals surface area contributed by atoms with Crippen LogP contribution < -0.4 is 11.1 Å². The first-order valence-electron chi connectivity index (χ1n) is 5.20. The van der Waals surface area contributed by atoms with Crippen LogP contribution in [0, 0.1) is 6.92 Å². The molecule has 1 aromatic carbocycles. The molecule has 2 aromatic rings. The van der Waals surface area contributed by atoms with E-state index in [2.05, 4.69) is 14.7 Å². The van der Waals surface area contributed by atoms with Crippen molar-refractivity contribution in [2.75, 3.05) is 16.8 Å². The number of nitrogens with zero attached hydrogens (tertiary/aromatic N) is 2. The van der Waals surface area contributed by atoms with Crippen molar-refractivity contribution in [1.29, 1.82) is 0 Å². The lowest BCUT2D eigenvalue weighted by Crippen LogP contribution is -2.14. The van der Waals surface area contributed by atoms with Gasteiger partial charge in [-0.25, -0.2) is 4.98 Å². The molecule has 0 aliphatic heterocycles. The summed E-state index contributed by atoms with van der Waals surface area (Å²) in [7, 11) is 0. The number of benzene rings is 1. The van der Waals surface area contributed by atoms with Gasteiger partial charge in [0.25, 0.3) is 0 Å². The molecule has 0 spiro atoms. The number of rotatable bonds is 4. The summed E-state index contributed by atoms with van der Waals surface area (Å²) in [6, 6.07) is 5.44. The molecule has 7 heteroatoms. The first-order valence-corrected chi connectivity index (χ1v) is 6.96. The number of carbonyl (C=O) groups excluding carboxylic acids is 1. The summed E-state index contributed by atoms with van der Waals surface area (Å²) in [5.41, 5.74) is 8.05. The molecule has 0 atom stereocenters. The van der Waals surface area contributed by atoms with Crippen molar-refractivity contribution in [2.24, 2.45) is 0 Å². The molecule has 3 N–H and O–H groups in total. The normalized spacial score (nSPS) is 10.3. The molecule has 0 bridgehead atoms.